The van der Waals surface area contributed by atoms with E-state index in [9.17, 15) is 19.3 Å². The molecule has 6 heteroatoms. The van der Waals surface area contributed by atoms with Crippen molar-refractivity contribution in [2.45, 2.75) is 27.2 Å². The van der Waals surface area contributed by atoms with Gasteiger partial charge in [0.15, 0.2) is 0 Å². The average Bonchev–Trinajstić information content (AvgIpc) is 2.31. The molecule has 104 valence electrons. The first-order valence-corrected chi connectivity index (χ1v) is 5.94. The number of nitrogens with zero attached hydrogens (tertiary/aromatic N) is 1. The number of aryl methyl sites for hydroxylation is 1. The van der Waals surface area contributed by atoms with Crippen molar-refractivity contribution in [3.05, 3.63) is 39.2 Å². The predicted molar refractivity (Wildman–Crippen MR) is 67.5 cm³/mol. The van der Waals surface area contributed by atoms with Crippen molar-refractivity contribution < 1.29 is 18.8 Å². The van der Waals surface area contributed by atoms with Crippen molar-refractivity contribution in [2.75, 3.05) is 6.61 Å². The van der Waals surface area contributed by atoms with E-state index in [2.05, 4.69) is 0 Å². The molecule has 1 rings (SSSR count). The summed E-state index contributed by atoms with van der Waals surface area (Å²) in [7, 11) is 0. The SMILES string of the molecule is Cc1cc([N+](=O)[O-])cc(C(=O)OCCC(C)C)c1F. The van der Waals surface area contributed by atoms with Gasteiger partial charge in [-0.1, -0.05) is 13.8 Å². The lowest BCUT2D eigenvalue weighted by atomic mass is 10.1. The van der Waals surface area contributed by atoms with Gasteiger partial charge in [0, 0.05) is 12.1 Å². The van der Waals surface area contributed by atoms with E-state index in [0.717, 1.165) is 12.1 Å². The summed E-state index contributed by atoms with van der Waals surface area (Å²) in [6.07, 6.45) is 0.654. The third-order valence-electron chi connectivity index (χ3n) is 2.60. The van der Waals surface area contributed by atoms with Gasteiger partial charge in [0.05, 0.1) is 11.5 Å². The minimum absolute atomic E-state index is 0.0463. The highest BCUT2D eigenvalue weighted by atomic mass is 19.1. The number of nitro groups is 1. The Morgan fingerprint density at radius 2 is 2.11 bits per heavy atom. The molecule has 0 aliphatic rings. The second kappa shape index (κ2) is 6.26. The maximum atomic E-state index is 13.8. The zero-order valence-corrected chi connectivity index (χ0v) is 11.1. The fourth-order valence-electron chi connectivity index (χ4n) is 1.47. The number of hydrogen-bond donors (Lipinski definition) is 0. The van der Waals surface area contributed by atoms with Crippen LogP contribution in [0, 0.1) is 28.8 Å². The quantitative estimate of drug-likeness (QED) is 0.467. The molecule has 0 atom stereocenters. The van der Waals surface area contributed by atoms with Crippen molar-refractivity contribution in [3.63, 3.8) is 0 Å². The zero-order chi connectivity index (χ0) is 14.6. The molecule has 0 amide bonds. The highest BCUT2D eigenvalue weighted by Crippen LogP contribution is 2.21. The number of hydrogen-bond acceptors (Lipinski definition) is 4. The molecule has 0 fully saturated rings. The van der Waals surface area contributed by atoms with Crippen LogP contribution in [0.2, 0.25) is 0 Å². The van der Waals surface area contributed by atoms with Crippen molar-refractivity contribution in [2.24, 2.45) is 5.92 Å². The van der Waals surface area contributed by atoms with Gasteiger partial charge in [-0.15, -0.1) is 0 Å². The fourth-order valence-corrected chi connectivity index (χ4v) is 1.47. The molecule has 0 saturated heterocycles. The van der Waals surface area contributed by atoms with Gasteiger partial charge in [0.25, 0.3) is 5.69 Å². The van der Waals surface area contributed by atoms with E-state index < -0.39 is 22.3 Å². The third-order valence-corrected chi connectivity index (χ3v) is 2.60. The monoisotopic (exact) mass is 269 g/mol. The van der Waals surface area contributed by atoms with E-state index in [0.29, 0.717) is 12.3 Å². The van der Waals surface area contributed by atoms with Crippen molar-refractivity contribution >= 4 is 11.7 Å². The van der Waals surface area contributed by atoms with Gasteiger partial charge in [-0.25, -0.2) is 9.18 Å². The molecule has 0 unspecified atom stereocenters. The molecule has 0 radical (unpaired) electrons. The van der Waals surface area contributed by atoms with Crippen LogP contribution in [0.25, 0.3) is 0 Å². The van der Waals surface area contributed by atoms with Gasteiger partial charge < -0.3 is 4.74 Å². The third kappa shape index (κ3) is 4.01. The number of carbonyl (C=O) groups is 1. The Morgan fingerprint density at radius 3 is 2.63 bits per heavy atom. The summed E-state index contributed by atoms with van der Waals surface area (Å²) in [6, 6.07) is 1.99. The van der Waals surface area contributed by atoms with Gasteiger partial charge >= 0.3 is 5.97 Å². The summed E-state index contributed by atoms with van der Waals surface area (Å²) < 4.78 is 18.7. The molecule has 0 spiro atoms. The van der Waals surface area contributed by atoms with Gasteiger partial charge in [0.1, 0.15) is 11.4 Å². The van der Waals surface area contributed by atoms with Gasteiger partial charge in [-0.2, -0.15) is 0 Å². The first-order valence-electron chi connectivity index (χ1n) is 5.94. The van der Waals surface area contributed by atoms with E-state index in [1.54, 1.807) is 0 Å². The molecular weight excluding hydrogens is 253 g/mol. The Hall–Kier alpha value is -1.98. The standard InChI is InChI=1S/C13H16FNO4/c1-8(2)4-5-19-13(16)11-7-10(15(17)18)6-9(3)12(11)14/h6-8H,4-5H2,1-3H3. The highest BCUT2D eigenvalue weighted by molar-refractivity contribution is 5.90. The van der Waals surface area contributed by atoms with Crippen LogP contribution < -0.4 is 0 Å². The number of ether oxygens (including phenoxy) is 1. The lowest BCUT2D eigenvalue weighted by Crippen LogP contribution is -2.11. The average molecular weight is 269 g/mol. The molecule has 0 saturated carbocycles. The second-order valence-corrected chi connectivity index (χ2v) is 4.70. The van der Waals surface area contributed by atoms with E-state index in [1.807, 2.05) is 13.8 Å². The van der Waals surface area contributed by atoms with Gasteiger partial charge in [-0.05, 0) is 24.8 Å². The Bertz CT molecular complexity index is 500. The molecule has 0 aromatic heterocycles. The summed E-state index contributed by atoms with van der Waals surface area (Å²) in [5.41, 5.74) is -0.671. The van der Waals surface area contributed by atoms with Crippen LogP contribution in [0.3, 0.4) is 0 Å². The Kier molecular flexibility index (Phi) is 4.97. The smallest absolute Gasteiger partial charge is 0.341 e. The van der Waals surface area contributed by atoms with Crippen LogP contribution in [0.5, 0.6) is 0 Å². The molecule has 0 N–H and O–H groups in total. The number of nitro benzene ring substituents is 1. The molecular formula is C13H16FNO4. The maximum Gasteiger partial charge on any atom is 0.341 e. The van der Waals surface area contributed by atoms with Crippen LogP contribution in [0.1, 0.15) is 36.2 Å². The minimum Gasteiger partial charge on any atom is -0.462 e. The summed E-state index contributed by atoms with van der Waals surface area (Å²) >= 11 is 0. The normalized spacial score (nSPS) is 10.6. The van der Waals surface area contributed by atoms with Gasteiger partial charge in [-0.3, -0.25) is 10.1 Å². The lowest BCUT2D eigenvalue weighted by Gasteiger charge is -2.08. The van der Waals surface area contributed by atoms with E-state index in [-0.39, 0.29) is 17.9 Å². The molecule has 0 aliphatic carbocycles. The molecule has 0 bridgehead atoms. The molecule has 1 aromatic rings. The van der Waals surface area contributed by atoms with Crippen molar-refractivity contribution in [1.29, 1.82) is 0 Å². The maximum absolute atomic E-state index is 13.8. The summed E-state index contributed by atoms with van der Waals surface area (Å²) in [6.45, 7) is 5.46. The van der Waals surface area contributed by atoms with Crippen LogP contribution >= 0.6 is 0 Å². The molecule has 5 nitrogen and oxygen atoms in total. The number of halogens is 1. The number of rotatable bonds is 5. The van der Waals surface area contributed by atoms with E-state index in [4.69, 9.17) is 4.74 Å². The lowest BCUT2D eigenvalue weighted by molar-refractivity contribution is -0.385. The minimum atomic E-state index is -0.870. The molecule has 19 heavy (non-hydrogen) atoms. The zero-order valence-electron chi connectivity index (χ0n) is 11.1. The number of non-ortho nitro benzene ring substituents is 1. The Morgan fingerprint density at radius 1 is 1.47 bits per heavy atom. The highest BCUT2D eigenvalue weighted by Gasteiger charge is 2.20. The molecule has 0 heterocycles. The van der Waals surface area contributed by atoms with Gasteiger partial charge in [0.2, 0.25) is 0 Å². The van der Waals surface area contributed by atoms with E-state index in [1.165, 1.54) is 6.92 Å². The largest absolute Gasteiger partial charge is 0.462 e. The first kappa shape index (κ1) is 15.1. The number of esters is 1. The Labute approximate surface area is 110 Å². The van der Waals surface area contributed by atoms with Crippen LogP contribution in [-0.4, -0.2) is 17.5 Å². The molecule has 1 aromatic carbocycles. The predicted octanol–water partition coefficient (Wildman–Crippen LogP) is 3.25. The molecule has 0 aliphatic heterocycles. The van der Waals surface area contributed by atoms with Crippen LogP contribution in [0.4, 0.5) is 10.1 Å². The second-order valence-electron chi connectivity index (χ2n) is 4.70. The topological polar surface area (TPSA) is 69.4 Å². The van der Waals surface area contributed by atoms with Crippen LogP contribution in [0.15, 0.2) is 12.1 Å². The fraction of sp³-hybridized carbons (Fsp3) is 0.462. The summed E-state index contributed by atoms with van der Waals surface area (Å²) in [5.74, 6) is -1.30. The van der Waals surface area contributed by atoms with E-state index >= 15 is 0 Å². The Balaban J connectivity index is 2.92. The number of carbonyl (C=O) groups excluding carboxylic acids is 1. The summed E-state index contributed by atoms with van der Waals surface area (Å²) in [5, 5.41) is 10.7. The summed E-state index contributed by atoms with van der Waals surface area (Å²) in [4.78, 5) is 21.7. The number of benzene rings is 1. The van der Waals surface area contributed by atoms with Crippen molar-refractivity contribution in [3.8, 4) is 0 Å². The van der Waals surface area contributed by atoms with Crippen LogP contribution in [-0.2, 0) is 4.74 Å². The first-order chi connectivity index (χ1) is 8.82. The van der Waals surface area contributed by atoms with Crippen molar-refractivity contribution in [1.82, 2.24) is 0 Å².